The Balaban J connectivity index is 1.62. The maximum absolute atomic E-state index is 12.4. The van der Waals surface area contributed by atoms with E-state index in [2.05, 4.69) is 10.3 Å². The second-order valence-corrected chi connectivity index (χ2v) is 6.53. The molecule has 0 bridgehead atoms. The minimum Gasteiger partial charge on any atom is -0.479 e. The number of fused-ring (bicyclic) bond motifs is 1. The van der Waals surface area contributed by atoms with Crippen LogP contribution in [0, 0.1) is 6.92 Å². The lowest BCUT2D eigenvalue weighted by molar-refractivity contribution is -0.125. The summed E-state index contributed by atoms with van der Waals surface area (Å²) in [7, 11) is 1.65. The molecule has 1 unspecified atom stereocenters. The molecule has 0 spiro atoms. The van der Waals surface area contributed by atoms with E-state index in [1.54, 1.807) is 44.4 Å². The Morgan fingerprint density at radius 3 is 2.70 bits per heavy atom. The number of pyridine rings is 1. The number of aromatic nitrogens is 1. The molecule has 0 saturated carbocycles. The summed E-state index contributed by atoms with van der Waals surface area (Å²) in [6, 6.07) is 8.52. The lowest BCUT2D eigenvalue weighted by Crippen LogP contribution is -2.42. The summed E-state index contributed by atoms with van der Waals surface area (Å²) >= 11 is 0. The summed E-state index contributed by atoms with van der Waals surface area (Å²) in [4.78, 5) is 42.1. The van der Waals surface area contributed by atoms with Crippen LogP contribution >= 0.6 is 0 Å². The lowest BCUT2D eigenvalue weighted by atomic mass is 10.0. The summed E-state index contributed by atoms with van der Waals surface area (Å²) in [5, 5.41) is 2.67. The molecule has 7 nitrogen and oxygen atoms in total. The number of anilines is 2. The molecule has 7 heteroatoms. The zero-order valence-electron chi connectivity index (χ0n) is 15.5. The number of Topliss-reactive ketones (excluding diaryl/α,β-unsaturated/α-hetero) is 1. The van der Waals surface area contributed by atoms with Crippen LogP contribution in [0.3, 0.4) is 0 Å². The van der Waals surface area contributed by atoms with Crippen LogP contribution in [0.25, 0.3) is 0 Å². The monoisotopic (exact) mass is 367 g/mol. The Hall–Kier alpha value is -3.22. The molecule has 0 aliphatic carbocycles. The van der Waals surface area contributed by atoms with E-state index >= 15 is 0 Å². The van der Waals surface area contributed by atoms with Crippen molar-refractivity contribution in [3.05, 3.63) is 47.7 Å². The van der Waals surface area contributed by atoms with Crippen LogP contribution in [-0.2, 0) is 9.59 Å². The van der Waals surface area contributed by atoms with Crippen molar-refractivity contribution in [1.82, 2.24) is 4.98 Å². The lowest BCUT2D eigenvalue weighted by Gasteiger charge is -2.30. The van der Waals surface area contributed by atoms with E-state index < -0.39 is 6.10 Å². The average Bonchev–Trinajstić information content (AvgIpc) is 2.66. The zero-order valence-corrected chi connectivity index (χ0v) is 15.5. The third kappa shape index (κ3) is 4.13. The molecular formula is C20H21N3O4. The van der Waals surface area contributed by atoms with E-state index in [9.17, 15) is 14.4 Å². The number of likely N-dealkylation sites (N-methyl/N-ethyl adjacent to an activating group) is 1. The Labute approximate surface area is 157 Å². The van der Waals surface area contributed by atoms with Gasteiger partial charge in [0.05, 0.1) is 5.69 Å². The fourth-order valence-corrected chi connectivity index (χ4v) is 2.80. The normalized spacial score (nSPS) is 15.7. The first kappa shape index (κ1) is 18.6. The number of aryl methyl sites for hydroxylation is 1. The number of nitrogens with one attached hydrogen (secondary N) is 1. The number of rotatable bonds is 5. The molecule has 2 aromatic rings. The van der Waals surface area contributed by atoms with Crippen LogP contribution in [0.4, 0.5) is 11.5 Å². The Kier molecular flexibility index (Phi) is 5.21. The van der Waals surface area contributed by atoms with Gasteiger partial charge in [0.2, 0.25) is 5.91 Å². The van der Waals surface area contributed by atoms with E-state index in [0.717, 1.165) is 5.56 Å². The van der Waals surface area contributed by atoms with Gasteiger partial charge in [-0.15, -0.1) is 0 Å². The SMILES string of the molecule is Cc1ccc(NC(=O)CCC(=O)c2ccc3c(c2)N(C)C(=O)C(C)O3)nc1. The van der Waals surface area contributed by atoms with Gasteiger partial charge in [0, 0.05) is 31.6 Å². The van der Waals surface area contributed by atoms with E-state index in [0.29, 0.717) is 22.8 Å². The highest BCUT2D eigenvalue weighted by Crippen LogP contribution is 2.34. The zero-order chi connectivity index (χ0) is 19.6. The van der Waals surface area contributed by atoms with E-state index in [1.807, 2.05) is 13.0 Å². The highest BCUT2D eigenvalue weighted by Gasteiger charge is 2.29. The van der Waals surface area contributed by atoms with Crippen molar-refractivity contribution in [2.45, 2.75) is 32.8 Å². The molecule has 0 saturated heterocycles. The van der Waals surface area contributed by atoms with Crippen LogP contribution in [0.5, 0.6) is 5.75 Å². The van der Waals surface area contributed by atoms with Crippen molar-refractivity contribution in [3.63, 3.8) is 0 Å². The van der Waals surface area contributed by atoms with Crippen molar-refractivity contribution in [3.8, 4) is 5.75 Å². The van der Waals surface area contributed by atoms with Crippen molar-refractivity contribution < 1.29 is 19.1 Å². The number of benzene rings is 1. The predicted octanol–water partition coefficient (Wildman–Crippen LogP) is 2.74. The summed E-state index contributed by atoms with van der Waals surface area (Å²) in [6.45, 7) is 3.59. The topological polar surface area (TPSA) is 88.6 Å². The fraction of sp³-hybridized carbons (Fsp3) is 0.300. The van der Waals surface area contributed by atoms with Crippen molar-refractivity contribution >= 4 is 29.1 Å². The number of hydrogen-bond acceptors (Lipinski definition) is 5. The van der Waals surface area contributed by atoms with Crippen molar-refractivity contribution in [2.24, 2.45) is 0 Å². The van der Waals surface area contributed by atoms with Gasteiger partial charge >= 0.3 is 0 Å². The van der Waals surface area contributed by atoms with Gasteiger partial charge in [0.25, 0.3) is 5.91 Å². The molecule has 1 aliphatic heterocycles. The number of carbonyl (C=O) groups excluding carboxylic acids is 3. The highest BCUT2D eigenvalue weighted by atomic mass is 16.5. The van der Waals surface area contributed by atoms with Gasteiger partial charge in [-0.05, 0) is 43.7 Å². The molecule has 1 N–H and O–H groups in total. The molecule has 2 amide bonds. The van der Waals surface area contributed by atoms with Crippen molar-refractivity contribution in [1.29, 1.82) is 0 Å². The van der Waals surface area contributed by atoms with Crippen LogP contribution in [0.2, 0.25) is 0 Å². The third-order valence-corrected chi connectivity index (χ3v) is 4.38. The Morgan fingerprint density at radius 2 is 2.00 bits per heavy atom. The average molecular weight is 367 g/mol. The number of ketones is 1. The number of amides is 2. The first-order chi connectivity index (χ1) is 12.8. The van der Waals surface area contributed by atoms with Gasteiger partial charge in [-0.25, -0.2) is 4.98 Å². The Bertz CT molecular complexity index is 893. The molecule has 1 atom stereocenters. The molecule has 0 fully saturated rings. The fourth-order valence-electron chi connectivity index (χ4n) is 2.80. The second-order valence-electron chi connectivity index (χ2n) is 6.53. The molecule has 140 valence electrons. The quantitative estimate of drug-likeness (QED) is 0.821. The van der Waals surface area contributed by atoms with Gasteiger partial charge < -0.3 is 15.0 Å². The standard InChI is InChI=1S/C20H21N3O4/c1-12-4-8-18(21-11-12)22-19(25)9-6-16(24)14-5-7-17-15(10-14)23(3)20(26)13(2)27-17/h4-5,7-8,10-11,13H,6,9H2,1-3H3,(H,21,22,25). The number of carbonyl (C=O) groups is 3. The number of ether oxygens (including phenoxy) is 1. The Morgan fingerprint density at radius 1 is 1.22 bits per heavy atom. The summed E-state index contributed by atoms with van der Waals surface area (Å²) in [5.74, 6) is 0.394. The molecule has 3 rings (SSSR count). The van der Waals surface area contributed by atoms with E-state index in [-0.39, 0.29) is 30.4 Å². The maximum atomic E-state index is 12.4. The summed E-state index contributed by atoms with van der Waals surface area (Å²) < 4.78 is 5.55. The van der Waals surface area contributed by atoms with Gasteiger partial charge in [-0.2, -0.15) is 0 Å². The largest absolute Gasteiger partial charge is 0.479 e. The molecular weight excluding hydrogens is 346 g/mol. The van der Waals surface area contributed by atoms with Gasteiger partial charge in [0.15, 0.2) is 11.9 Å². The van der Waals surface area contributed by atoms with Crippen LogP contribution in [0.15, 0.2) is 36.5 Å². The van der Waals surface area contributed by atoms with Crippen LogP contribution in [-0.4, -0.2) is 35.7 Å². The first-order valence-corrected chi connectivity index (χ1v) is 8.69. The molecule has 1 aliphatic rings. The molecule has 1 aromatic carbocycles. The maximum Gasteiger partial charge on any atom is 0.267 e. The van der Waals surface area contributed by atoms with Crippen LogP contribution in [0.1, 0.15) is 35.7 Å². The highest BCUT2D eigenvalue weighted by molar-refractivity contribution is 6.03. The smallest absolute Gasteiger partial charge is 0.267 e. The van der Waals surface area contributed by atoms with E-state index in [1.165, 1.54) is 4.90 Å². The van der Waals surface area contributed by atoms with Crippen molar-refractivity contribution in [2.75, 3.05) is 17.3 Å². The van der Waals surface area contributed by atoms with Crippen LogP contribution < -0.4 is 15.0 Å². The second kappa shape index (κ2) is 7.57. The van der Waals surface area contributed by atoms with Gasteiger partial charge in [-0.1, -0.05) is 6.07 Å². The first-order valence-electron chi connectivity index (χ1n) is 8.69. The molecule has 27 heavy (non-hydrogen) atoms. The predicted molar refractivity (Wildman–Crippen MR) is 101 cm³/mol. The van der Waals surface area contributed by atoms with E-state index in [4.69, 9.17) is 4.74 Å². The minimum absolute atomic E-state index is 0.0494. The number of hydrogen-bond donors (Lipinski definition) is 1. The minimum atomic E-state index is -0.553. The molecule has 1 aromatic heterocycles. The van der Waals surface area contributed by atoms with Gasteiger partial charge in [-0.3, -0.25) is 14.4 Å². The summed E-state index contributed by atoms with van der Waals surface area (Å²) in [5.41, 5.74) is 1.99. The molecule has 0 radical (unpaired) electrons. The van der Waals surface area contributed by atoms with Gasteiger partial charge in [0.1, 0.15) is 11.6 Å². The number of nitrogens with zero attached hydrogens (tertiary/aromatic N) is 2. The molecule has 2 heterocycles. The summed E-state index contributed by atoms with van der Waals surface area (Å²) in [6.07, 6.45) is 1.22. The third-order valence-electron chi connectivity index (χ3n) is 4.38.